The number of nitrogens with one attached hydrogen (secondary N) is 15. The number of amides is 10. The minimum Gasteiger partial charge on any atom is -0.508 e. The molecule has 444 valence electrons. The SMILES string of the molecule is CC(=O)N[C@H]1CCC(=O)NC[C@@H](C(=O)N[C@@H](CCCNC(=N)N)C(N)=O)NC(=O)CNC(=O)[C@H](Cc2ccc3ccccc3c2)NC(=O)[C@@H](CCCNC(=N)N)NC(=O)[C@H](CCCNC(=N)N)NC(=O)[C@H](Cc2ccc(O)cc2)NC1=O. The summed E-state index contributed by atoms with van der Waals surface area (Å²) >= 11 is 0. The highest BCUT2D eigenvalue weighted by atomic mass is 16.3. The standard InChI is InChI=1S/C52H75N19O11/c1-28(72)65-37-18-19-41(74)63-26-40(49(82)67-34(43(53)76)9-4-20-60-50(54)55)66-42(75)27-64-44(77)38(25-30-12-15-31-7-2-3-8-32(31)23-30)70-46(79)36(11-6-22-62-52(58)59)68-45(78)35(10-5-21-61-51(56)57)69-48(81)39(71-47(37)80)24-29-13-16-33(73)17-14-29/h2-3,7-8,12-17,23,34-40,73H,4-6,9-11,18-22,24-27H2,1H3,(H2,53,76)(H,63,74)(H,64,77)(H,65,72)(H,66,75)(H,67,82)(H,68,78)(H,69,81)(H,70,79)(H,71,80)(H4,54,55,60)(H4,56,57,61)(H4,58,59,62)/t34-,35-,36+,37-,38-,39-,40-/m0/s1. The van der Waals surface area contributed by atoms with E-state index in [9.17, 15) is 53.1 Å². The summed E-state index contributed by atoms with van der Waals surface area (Å²) in [7, 11) is 0. The van der Waals surface area contributed by atoms with Gasteiger partial charge in [0.1, 0.15) is 48.0 Å². The summed E-state index contributed by atoms with van der Waals surface area (Å²) in [5.41, 5.74) is 22.9. The van der Waals surface area contributed by atoms with Crippen molar-refractivity contribution < 1.29 is 53.1 Å². The smallest absolute Gasteiger partial charge is 0.245 e. The van der Waals surface area contributed by atoms with Crippen LogP contribution in [0, 0.1) is 16.2 Å². The first-order valence-corrected chi connectivity index (χ1v) is 26.4. The fraction of sp³-hybridized carbons (Fsp3) is 0.442. The van der Waals surface area contributed by atoms with E-state index >= 15 is 0 Å². The fourth-order valence-electron chi connectivity index (χ4n) is 8.50. The zero-order valence-electron chi connectivity index (χ0n) is 45.3. The van der Waals surface area contributed by atoms with E-state index in [4.69, 9.17) is 39.2 Å². The van der Waals surface area contributed by atoms with E-state index in [1.165, 1.54) is 24.3 Å². The van der Waals surface area contributed by atoms with E-state index in [-0.39, 0.29) is 94.6 Å². The highest BCUT2D eigenvalue weighted by molar-refractivity contribution is 5.98. The van der Waals surface area contributed by atoms with Crippen molar-refractivity contribution in [3.8, 4) is 5.75 Å². The number of phenols is 1. The number of nitrogens with two attached hydrogens (primary N) is 4. The molecule has 0 saturated carbocycles. The van der Waals surface area contributed by atoms with E-state index in [0.717, 1.165) is 17.7 Å². The van der Waals surface area contributed by atoms with Crippen molar-refractivity contribution in [2.75, 3.05) is 32.7 Å². The van der Waals surface area contributed by atoms with Crippen LogP contribution in [-0.4, -0.2) is 157 Å². The van der Waals surface area contributed by atoms with Gasteiger partial charge in [-0.15, -0.1) is 0 Å². The second kappa shape index (κ2) is 33.0. The Hall–Kier alpha value is -9.77. The van der Waals surface area contributed by atoms with Crippen LogP contribution < -0.4 is 86.7 Å². The van der Waals surface area contributed by atoms with Crippen molar-refractivity contribution in [3.05, 3.63) is 77.9 Å². The van der Waals surface area contributed by atoms with E-state index in [2.05, 4.69) is 63.8 Å². The molecule has 7 atom stereocenters. The molecule has 1 aliphatic rings. The number of rotatable bonds is 20. The van der Waals surface area contributed by atoms with E-state index < -0.39 is 127 Å². The van der Waals surface area contributed by atoms with Crippen molar-refractivity contribution in [1.82, 2.24) is 63.8 Å². The molecule has 0 spiro atoms. The van der Waals surface area contributed by atoms with Crippen LogP contribution in [0.1, 0.15) is 69.4 Å². The number of hydrogen-bond acceptors (Lipinski definition) is 14. The lowest BCUT2D eigenvalue weighted by molar-refractivity contribution is -0.135. The van der Waals surface area contributed by atoms with Gasteiger partial charge < -0.3 is 91.8 Å². The molecule has 3 aromatic rings. The summed E-state index contributed by atoms with van der Waals surface area (Å²) < 4.78 is 0. The van der Waals surface area contributed by atoms with E-state index in [1.54, 1.807) is 18.2 Å². The van der Waals surface area contributed by atoms with E-state index in [0.29, 0.717) is 11.1 Å². The van der Waals surface area contributed by atoms with Crippen molar-refractivity contribution >= 4 is 87.7 Å². The van der Waals surface area contributed by atoms with Gasteiger partial charge in [-0.25, -0.2) is 0 Å². The molecule has 24 N–H and O–H groups in total. The summed E-state index contributed by atoms with van der Waals surface area (Å²) in [5.74, 6) is -10.2. The van der Waals surface area contributed by atoms with Crippen LogP contribution in [0.5, 0.6) is 5.75 Å². The summed E-state index contributed by atoms with van der Waals surface area (Å²) in [6, 6.07) is 8.03. The topological polar surface area (TPSA) is 511 Å². The molecule has 0 unspecified atom stereocenters. The number of aromatic hydroxyl groups is 1. The monoisotopic (exact) mass is 1140 g/mol. The lowest BCUT2D eigenvalue weighted by atomic mass is 10.00. The second-order valence-corrected chi connectivity index (χ2v) is 19.3. The van der Waals surface area contributed by atoms with Gasteiger partial charge in [0.2, 0.25) is 59.1 Å². The van der Waals surface area contributed by atoms with Gasteiger partial charge in [-0.3, -0.25) is 64.2 Å². The zero-order valence-corrected chi connectivity index (χ0v) is 45.3. The lowest BCUT2D eigenvalue weighted by Gasteiger charge is -2.28. The first-order chi connectivity index (χ1) is 39.0. The Kier molecular flexibility index (Phi) is 26.0. The Morgan fingerprint density at radius 2 is 1.12 bits per heavy atom. The molecule has 1 saturated heterocycles. The molecule has 0 aromatic heterocycles. The Morgan fingerprint density at radius 1 is 0.610 bits per heavy atom. The summed E-state index contributed by atoms with van der Waals surface area (Å²) in [6.07, 6.45) is -1.19. The maximum absolute atomic E-state index is 14.6. The average molecular weight is 1140 g/mol. The first kappa shape index (κ1) is 64.8. The van der Waals surface area contributed by atoms with Crippen molar-refractivity contribution in [3.63, 3.8) is 0 Å². The second-order valence-electron chi connectivity index (χ2n) is 19.3. The van der Waals surface area contributed by atoms with Gasteiger partial charge in [0, 0.05) is 52.4 Å². The quantitative estimate of drug-likeness (QED) is 0.0286. The number of fused-ring (bicyclic) bond motifs is 1. The van der Waals surface area contributed by atoms with Crippen molar-refractivity contribution in [2.24, 2.45) is 22.9 Å². The third kappa shape index (κ3) is 23.3. The summed E-state index contributed by atoms with van der Waals surface area (Å²) in [4.78, 5) is 138. The Balaban J connectivity index is 1.80. The first-order valence-electron chi connectivity index (χ1n) is 26.4. The molecule has 3 aromatic carbocycles. The molecule has 82 heavy (non-hydrogen) atoms. The Morgan fingerprint density at radius 3 is 1.70 bits per heavy atom. The largest absolute Gasteiger partial charge is 0.508 e. The molecule has 10 amide bonds. The Bertz CT molecular complexity index is 2800. The molecular formula is C52H75N19O11. The number of primary amides is 1. The summed E-state index contributed by atoms with van der Waals surface area (Å²) in [6.45, 7) is -0.0807. The van der Waals surface area contributed by atoms with Crippen molar-refractivity contribution in [1.29, 1.82) is 16.2 Å². The lowest BCUT2D eigenvalue weighted by Crippen LogP contribution is -2.60. The molecular weight excluding hydrogens is 1070 g/mol. The van der Waals surface area contributed by atoms with Crippen LogP contribution in [-0.2, 0) is 60.8 Å². The fourth-order valence-corrected chi connectivity index (χ4v) is 8.50. The zero-order chi connectivity index (χ0) is 60.3. The van der Waals surface area contributed by atoms with Gasteiger partial charge >= 0.3 is 0 Å². The van der Waals surface area contributed by atoms with Crippen LogP contribution in [0.4, 0.5) is 0 Å². The van der Waals surface area contributed by atoms with Crippen LogP contribution in [0.3, 0.4) is 0 Å². The van der Waals surface area contributed by atoms with E-state index in [1.807, 2.05) is 24.3 Å². The van der Waals surface area contributed by atoms with Gasteiger partial charge in [0.05, 0.1) is 6.54 Å². The van der Waals surface area contributed by atoms with Crippen LogP contribution >= 0.6 is 0 Å². The van der Waals surface area contributed by atoms with Gasteiger partial charge in [0.25, 0.3) is 0 Å². The number of benzene rings is 3. The molecule has 30 heteroatoms. The number of guanidine groups is 3. The van der Waals surface area contributed by atoms with Crippen LogP contribution in [0.25, 0.3) is 10.8 Å². The van der Waals surface area contributed by atoms with Gasteiger partial charge in [-0.1, -0.05) is 54.6 Å². The molecule has 30 nitrogen and oxygen atoms in total. The molecule has 1 fully saturated rings. The molecule has 0 bridgehead atoms. The highest BCUT2D eigenvalue weighted by Crippen LogP contribution is 2.18. The third-order valence-electron chi connectivity index (χ3n) is 12.7. The minimum atomic E-state index is -1.64. The maximum atomic E-state index is 14.6. The average Bonchev–Trinajstić information content (AvgIpc) is 3.60. The predicted molar refractivity (Wildman–Crippen MR) is 301 cm³/mol. The molecule has 1 aliphatic heterocycles. The Labute approximate surface area is 472 Å². The van der Waals surface area contributed by atoms with Crippen molar-refractivity contribution in [2.45, 2.75) is 113 Å². The number of hydrogen-bond donors (Lipinski definition) is 20. The molecule has 4 rings (SSSR count). The van der Waals surface area contributed by atoms with Crippen LogP contribution in [0.2, 0.25) is 0 Å². The normalized spacial score (nSPS) is 20.2. The minimum absolute atomic E-state index is 0.0425. The number of carbonyl (C=O) groups is 10. The third-order valence-corrected chi connectivity index (χ3v) is 12.7. The highest BCUT2D eigenvalue weighted by Gasteiger charge is 2.34. The predicted octanol–water partition coefficient (Wildman–Crippen LogP) is -4.95. The van der Waals surface area contributed by atoms with Gasteiger partial charge in [-0.05, 0) is 79.0 Å². The molecule has 0 radical (unpaired) electrons. The van der Waals surface area contributed by atoms with Gasteiger partial charge in [0.15, 0.2) is 17.9 Å². The maximum Gasteiger partial charge on any atom is 0.245 e. The van der Waals surface area contributed by atoms with Crippen LogP contribution in [0.15, 0.2) is 66.7 Å². The molecule has 0 aliphatic carbocycles. The molecule has 1 heterocycles. The van der Waals surface area contributed by atoms with Gasteiger partial charge in [-0.2, -0.15) is 0 Å². The summed E-state index contributed by atoms with van der Waals surface area (Å²) in [5, 5.41) is 65.0. The number of carbonyl (C=O) groups excluding carboxylic acids is 10. The number of phenolic OH excluding ortho intramolecular Hbond substituents is 1.